The van der Waals surface area contributed by atoms with E-state index in [4.69, 9.17) is 0 Å². The van der Waals surface area contributed by atoms with E-state index in [1.54, 1.807) is 7.05 Å². The summed E-state index contributed by atoms with van der Waals surface area (Å²) in [5.74, 6) is 1.22. The smallest absolute Gasteiger partial charge is 0.233 e. The number of amides is 1. The Hall–Kier alpha value is -1.34. The molecule has 1 amide bonds. The minimum absolute atomic E-state index is 0.0754. The Balaban J connectivity index is 1.77. The predicted molar refractivity (Wildman–Crippen MR) is 96.0 cm³/mol. The van der Waals surface area contributed by atoms with E-state index in [1.807, 2.05) is 0 Å². The van der Waals surface area contributed by atoms with Gasteiger partial charge in [0, 0.05) is 45.2 Å². The van der Waals surface area contributed by atoms with Gasteiger partial charge in [-0.2, -0.15) is 0 Å². The Labute approximate surface area is 145 Å². The van der Waals surface area contributed by atoms with Crippen molar-refractivity contribution >= 4 is 11.9 Å². The molecule has 138 valence electrons. The number of nitrogens with one attached hydrogen (secondary N) is 3. The fourth-order valence-electron chi connectivity index (χ4n) is 3.47. The Morgan fingerprint density at radius 3 is 2.58 bits per heavy atom. The Morgan fingerprint density at radius 1 is 1.25 bits per heavy atom. The maximum absolute atomic E-state index is 11.4. The van der Waals surface area contributed by atoms with Gasteiger partial charge in [0.25, 0.3) is 0 Å². The first-order valence-corrected chi connectivity index (χ1v) is 9.28. The number of guanidine groups is 1. The average molecular weight is 339 g/mol. The molecule has 7 heteroatoms. The van der Waals surface area contributed by atoms with Crippen LogP contribution in [0.4, 0.5) is 0 Å². The molecule has 2 fully saturated rings. The van der Waals surface area contributed by atoms with Gasteiger partial charge < -0.3 is 21.1 Å². The molecule has 1 saturated carbocycles. The maximum Gasteiger partial charge on any atom is 0.233 e. The Kier molecular flexibility index (Phi) is 7.78. The molecule has 0 aromatic heterocycles. The SMILES string of the molecule is CCNC(=NCC1CCCC1O)NC1CCN(CC(=O)NC)CC1. The maximum atomic E-state index is 11.4. The second kappa shape index (κ2) is 9.84. The first-order valence-electron chi connectivity index (χ1n) is 9.28. The van der Waals surface area contributed by atoms with Gasteiger partial charge in [0.05, 0.1) is 12.6 Å². The second-order valence-corrected chi connectivity index (χ2v) is 6.85. The molecule has 0 aromatic carbocycles. The molecule has 1 saturated heterocycles. The van der Waals surface area contributed by atoms with Crippen molar-refractivity contribution in [1.82, 2.24) is 20.9 Å². The lowest BCUT2D eigenvalue weighted by Crippen LogP contribution is -2.50. The first-order chi connectivity index (χ1) is 11.6. The third-order valence-electron chi connectivity index (χ3n) is 5.02. The standard InChI is InChI=1S/C17H33N5O2/c1-3-19-17(20-11-13-5-4-6-15(13)23)21-14-7-9-22(10-8-14)12-16(24)18-2/h13-15,23H,3-12H2,1-2H3,(H,18,24)(H2,19,20,21). The van der Waals surface area contributed by atoms with E-state index in [-0.39, 0.29) is 12.0 Å². The largest absolute Gasteiger partial charge is 0.393 e. The van der Waals surface area contributed by atoms with E-state index < -0.39 is 0 Å². The molecule has 1 aliphatic heterocycles. The number of carbonyl (C=O) groups excluding carboxylic acids is 1. The summed E-state index contributed by atoms with van der Waals surface area (Å²) >= 11 is 0. The number of aliphatic hydroxyl groups excluding tert-OH is 1. The van der Waals surface area contributed by atoms with Crippen LogP contribution in [0.2, 0.25) is 0 Å². The van der Waals surface area contributed by atoms with Crippen LogP contribution in [0.15, 0.2) is 4.99 Å². The number of nitrogens with zero attached hydrogens (tertiary/aromatic N) is 2. The highest BCUT2D eigenvalue weighted by atomic mass is 16.3. The molecule has 0 bridgehead atoms. The minimum atomic E-state index is -0.190. The monoisotopic (exact) mass is 339 g/mol. The van der Waals surface area contributed by atoms with E-state index in [1.165, 1.54) is 0 Å². The van der Waals surface area contributed by atoms with E-state index in [9.17, 15) is 9.90 Å². The van der Waals surface area contributed by atoms with Crippen molar-refractivity contribution in [2.75, 3.05) is 39.8 Å². The number of carbonyl (C=O) groups is 1. The van der Waals surface area contributed by atoms with Gasteiger partial charge in [0.2, 0.25) is 5.91 Å². The molecule has 0 radical (unpaired) electrons. The molecule has 7 nitrogen and oxygen atoms in total. The Bertz CT molecular complexity index is 421. The molecule has 0 spiro atoms. The van der Waals surface area contributed by atoms with Gasteiger partial charge in [-0.15, -0.1) is 0 Å². The average Bonchev–Trinajstić information content (AvgIpc) is 2.99. The lowest BCUT2D eigenvalue weighted by atomic mass is 10.1. The quantitative estimate of drug-likeness (QED) is 0.401. The van der Waals surface area contributed by atoms with Crippen LogP contribution in [0.1, 0.15) is 39.0 Å². The third-order valence-corrected chi connectivity index (χ3v) is 5.02. The van der Waals surface area contributed by atoms with Gasteiger partial charge in [-0.25, -0.2) is 0 Å². The van der Waals surface area contributed by atoms with E-state index in [0.29, 0.717) is 25.0 Å². The van der Waals surface area contributed by atoms with Crippen LogP contribution in [0.5, 0.6) is 0 Å². The van der Waals surface area contributed by atoms with Crippen molar-refractivity contribution < 1.29 is 9.90 Å². The summed E-state index contributed by atoms with van der Waals surface area (Å²) in [6, 6.07) is 0.386. The topological polar surface area (TPSA) is 89.0 Å². The molecule has 4 N–H and O–H groups in total. The fraction of sp³-hybridized carbons (Fsp3) is 0.882. The molecule has 1 aliphatic carbocycles. The van der Waals surface area contributed by atoms with Gasteiger partial charge >= 0.3 is 0 Å². The van der Waals surface area contributed by atoms with Crippen LogP contribution < -0.4 is 16.0 Å². The molecule has 2 atom stereocenters. The number of aliphatic hydroxyl groups is 1. The summed E-state index contributed by atoms with van der Waals surface area (Å²) in [6.07, 6.45) is 4.91. The van der Waals surface area contributed by atoms with Crippen molar-refractivity contribution in [1.29, 1.82) is 0 Å². The van der Waals surface area contributed by atoms with Crippen LogP contribution in [-0.4, -0.2) is 73.8 Å². The number of hydrogen-bond donors (Lipinski definition) is 4. The van der Waals surface area contributed by atoms with Gasteiger partial charge in [-0.05, 0) is 32.6 Å². The summed E-state index contributed by atoms with van der Waals surface area (Å²) in [5.41, 5.74) is 0. The molecule has 2 rings (SSSR count). The van der Waals surface area contributed by atoms with Crippen LogP contribution in [0.3, 0.4) is 0 Å². The highest BCUT2D eigenvalue weighted by molar-refractivity contribution is 5.80. The van der Waals surface area contributed by atoms with Gasteiger partial charge in [-0.3, -0.25) is 14.7 Å². The van der Waals surface area contributed by atoms with Crippen LogP contribution >= 0.6 is 0 Å². The van der Waals surface area contributed by atoms with Crippen LogP contribution in [0.25, 0.3) is 0 Å². The zero-order chi connectivity index (χ0) is 17.4. The van der Waals surface area contributed by atoms with Crippen molar-refractivity contribution in [3.63, 3.8) is 0 Å². The number of rotatable bonds is 6. The van der Waals surface area contributed by atoms with Gasteiger partial charge in [0.15, 0.2) is 5.96 Å². The van der Waals surface area contributed by atoms with Crippen molar-refractivity contribution in [2.24, 2.45) is 10.9 Å². The molecular weight excluding hydrogens is 306 g/mol. The summed E-state index contributed by atoms with van der Waals surface area (Å²) in [7, 11) is 1.68. The molecule has 0 aromatic rings. The summed E-state index contributed by atoms with van der Waals surface area (Å²) in [6.45, 7) is 5.91. The molecule has 24 heavy (non-hydrogen) atoms. The number of aliphatic imine (C=N–C) groups is 1. The van der Waals surface area contributed by atoms with E-state index in [0.717, 1.165) is 57.7 Å². The molecule has 2 aliphatic rings. The van der Waals surface area contributed by atoms with Crippen LogP contribution in [-0.2, 0) is 4.79 Å². The predicted octanol–water partition coefficient (Wildman–Crippen LogP) is -0.0871. The highest BCUT2D eigenvalue weighted by Crippen LogP contribution is 2.25. The van der Waals surface area contributed by atoms with Crippen molar-refractivity contribution in [2.45, 2.75) is 51.2 Å². The zero-order valence-electron chi connectivity index (χ0n) is 15.1. The molecular formula is C17H33N5O2. The number of likely N-dealkylation sites (N-methyl/N-ethyl adjacent to an activating group) is 1. The lowest BCUT2D eigenvalue weighted by molar-refractivity contribution is -0.122. The number of likely N-dealkylation sites (tertiary alicyclic amines) is 1. The number of hydrogen-bond acceptors (Lipinski definition) is 4. The lowest BCUT2D eigenvalue weighted by Gasteiger charge is -2.32. The summed E-state index contributed by atoms with van der Waals surface area (Å²) in [4.78, 5) is 18.3. The fourth-order valence-corrected chi connectivity index (χ4v) is 3.47. The summed E-state index contributed by atoms with van der Waals surface area (Å²) in [5, 5.41) is 19.4. The second-order valence-electron chi connectivity index (χ2n) is 6.85. The highest BCUT2D eigenvalue weighted by Gasteiger charge is 2.25. The summed E-state index contributed by atoms with van der Waals surface area (Å²) < 4.78 is 0. The van der Waals surface area contributed by atoms with E-state index in [2.05, 4.69) is 32.8 Å². The number of piperidine rings is 1. The normalized spacial score (nSPS) is 26.4. The van der Waals surface area contributed by atoms with Crippen molar-refractivity contribution in [3.05, 3.63) is 0 Å². The van der Waals surface area contributed by atoms with Gasteiger partial charge in [-0.1, -0.05) is 6.42 Å². The van der Waals surface area contributed by atoms with E-state index >= 15 is 0 Å². The van der Waals surface area contributed by atoms with Gasteiger partial charge in [0.1, 0.15) is 0 Å². The van der Waals surface area contributed by atoms with Crippen LogP contribution in [0, 0.1) is 5.92 Å². The Morgan fingerprint density at radius 2 is 2.00 bits per heavy atom. The minimum Gasteiger partial charge on any atom is -0.393 e. The van der Waals surface area contributed by atoms with Crippen molar-refractivity contribution in [3.8, 4) is 0 Å². The molecule has 1 heterocycles. The third kappa shape index (κ3) is 5.94. The first kappa shape index (κ1) is 19.0. The zero-order valence-corrected chi connectivity index (χ0v) is 15.1. The molecule has 2 unspecified atom stereocenters.